The summed E-state index contributed by atoms with van der Waals surface area (Å²) in [6.45, 7) is 0. The van der Waals surface area contributed by atoms with Gasteiger partial charge in [-0.05, 0) is 43.9 Å². The van der Waals surface area contributed by atoms with Gasteiger partial charge in [0, 0.05) is 17.5 Å². The van der Waals surface area contributed by atoms with Crippen molar-refractivity contribution in [1.82, 2.24) is 9.55 Å². The molecule has 6 nitrogen and oxygen atoms in total. The molecule has 1 aliphatic heterocycles. The molecule has 8 heteroatoms. The smallest absolute Gasteiger partial charge is 0.339 e. The molecule has 2 aliphatic rings. The van der Waals surface area contributed by atoms with Crippen molar-refractivity contribution in [2.75, 3.05) is 5.32 Å². The topological polar surface area (TPSA) is 73.2 Å². The number of anilines is 1. The second-order valence-electron chi connectivity index (χ2n) is 7.99. The highest BCUT2D eigenvalue weighted by Crippen LogP contribution is 2.48. The molecule has 1 spiro atoms. The second kappa shape index (κ2) is 7.30. The van der Waals surface area contributed by atoms with Crippen LogP contribution in [0.1, 0.15) is 41.6 Å². The highest BCUT2D eigenvalue weighted by molar-refractivity contribution is 5.95. The summed E-state index contributed by atoms with van der Waals surface area (Å²) >= 11 is 0. The number of carbonyl (C=O) groups excluding carboxylic acids is 2. The first-order chi connectivity index (χ1) is 14.9. The van der Waals surface area contributed by atoms with Crippen molar-refractivity contribution in [1.29, 1.82) is 0 Å². The number of nitrogens with one attached hydrogen (secondary N) is 1. The number of esters is 1. The SMILES string of the molecule is O=C1O[C@]2(CC[C@H](C(=O)Nc3cn(-c4cc(F)cc(F)c4)cn3)CC2)c2ccccc21. The van der Waals surface area contributed by atoms with Crippen LogP contribution in [0.25, 0.3) is 5.69 Å². The minimum absolute atomic E-state index is 0.178. The van der Waals surface area contributed by atoms with Crippen LogP contribution in [0.4, 0.5) is 14.6 Å². The number of aromatic nitrogens is 2. The standard InChI is InChI=1S/C23H19F2N3O3/c24-15-9-16(25)11-17(10-15)28-12-20(26-13-28)27-21(29)14-5-7-23(8-6-14)19-4-2-1-3-18(19)22(30)31-23/h1-4,9-14H,5-8H2,(H,27,29)/t14-,23-. The van der Waals surface area contributed by atoms with Crippen molar-refractivity contribution in [3.63, 3.8) is 0 Å². The first-order valence-corrected chi connectivity index (χ1v) is 10.1. The van der Waals surface area contributed by atoms with Crippen molar-refractivity contribution in [3.8, 4) is 5.69 Å². The molecule has 1 saturated carbocycles. The Labute approximate surface area is 176 Å². The number of benzene rings is 2. The number of ether oxygens (including phenoxy) is 1. The second-order valence-corrected chi connectivity index (χ2v) is 7.99. The third kappa shape index (κ3) is 3.48. The Balaban J connectivity index is 1.25. The molecule has 0 radical (unpaired) electrons. The van der Waals surface area contributed by atoms with E-state index in [4.69, 9.17) is 4.74 Å². The Morgan fingerprint density at radius 3 is 2.58 bits per heavy atom. The number of nitrogens with zero attached hydrogens (tertiary/aromatic N) is 2. The van der Waals surface area contributed by atoms with E-state index in [0.29, 0.717) is 37.1 Å². The summed E-state index contributed by atoms with van der Waals surface area (Å²) in [5.74, 6) is -1.82. The van der Waals surface area contributed by atoms with Crippen LogP contribution in [0.3, 0.4) is 0 Å². The summed E-state index contributed by atoms with van der Waals surface area (Å²) in [6.07, 6.45) is 5.18. The van der Waals surface area contributed by atoms with Gasteiger partial charge in [-0.15, -0.1) is 0 Å². The van der Waals surface area contributed by atoms with Gasteiger partial charge in [-0.1, -0.05) is 18.2 Å². The fourth-order valence-electron chi connectivity index (χ4n) is 4.51. The summed E-state index contributed by atoms with van der Waals surface area (Å²) in [6, 6.07) is 10.5. The molecule has 0 bridgehead atoms. The van der Waals surface area contributed by atoms with Gasteiger partial charge in [-0.3, -0.25) is 4.79 Å². The first-order valence-electron chi connectivity index (χ1n) is 10.1. The van der Waals surface area contributed by atoms with Crippen molar-refractivity contribution < 1.29 is 23.1 Å². The summed E-state index contributed by atoms with van der Waals surface area (Å²) in [5.41, 5.74) is 1.13. The molecule has 0 atom stereocenters. The van der Waals surface area contributed by atoms with Gasteiger partial charge < -0.3 is 14.6 Å². The van der Waals surface area contributed by atoms with Gasteiger partial charge in [0.2, 0.25) is 5.91 Å². The molecule has 1 fully saturated rings. The molecule has 3 aromatic rings. The Bertz CT molecular complexity index is 1160. The van der Waals surface area contributed by atoms with E-state index in [2.05, 4.69) is 10.3 Å². The lowest BCUT2D eigenvalue weighted by molar-refractivity contribution is -0.122. The van der Waals surface area contributed by atoms with Crippen molar-refractivity contribution in [2.45, 2.75) is 31.3 Å². The van der Waals surface area contributed by atoms with Crippen LogP contribution in [-0.2, 0) is 15.1 Å². The molecule has 31 heavy (non-hydrogen) atoms. The zero-order valence-electron chi connectivity index (χ0n) is 16.5. The Kier molecular flexibility index (Phi) is 4.57. The highest BCUT2D eigenvalue weighted by Gasteiger charge is 2.48. The quantitative estimate of drug-likeness (QED) is 0.636. The number of hydrogen-bond donors (Lipinski definition) is 1. The molecular formula is C23H19F2N3O3. The van der Waals surface area contributed by atoms with E-state index in [1.54, 1.807) is 6.07 Å². The summed E-state index contributed by atoms with van der Waals surface area (Å²) in [7, 11) is 0. The number of rotatable bonds is 3. The van der Waals surface area contributed by atoms with Crippen LogP contribution in [-0.4, -0.2) is 21.4 Å². The molecule has 2 aromatic carbocycles. The number of halogens is 2. The molecule has 0 unspecified atom stereocenters. The van der Waals surface area contributed by atoms with E-state index >= 15 is 0 Å². The molecule has 2 heterocycles. The van der Waals surface area contributed by atoms with Crippen LogP contribution in [0.5, 0.6) is 0 Å². The largest absolute Gasteiger partial charge is 0.451 e. The van der Waals surface area contributed by atoms with Crippen molar-refractivity contribution >= 4 is 17.7 Å². The molecule has 0 saturated heterocycles. The molecule has 1 amide bonds. The van der Waals surface area contributed by atoms with Crippen molar-refractivity contribution in [3.05, 3.63) is 77.8 Å². The lowest BCUT2D eigenvalue weighted by Crippen LogP contribution is -2.36. The average molecular weight is 423 g/mol. The summed E-state index contributed by atoms with van der Waals surface area (Å²) in [5, 5.41) is 2.77. The van der Waals surface area contributed by atoms with Gasteiger partial charge in [0.15, 0.2) is 5.82 Å². The maximum Gasteiger partial charge on any atom is 0.339 e. The number of amides is 1. The number of imidazole rings is 1. The third-order valence-electron chi connectivity index (χ3n) is 6.07. The fraction of sp³-hybridized carbons (Fsp3) is 0.261. The maximum atomic E-state index is 13.4. The van der Waals surface area contributed by atoms with Gasteiger partial charge in [0.05, 0.1) is 17.4 Å². The Morgan fingerprint density at radius 1 is 1.13 bits per heavy atom. The normalized spacial score (nSPS) is 22.3. The van der Waals surface area contributed by atoms with Gasteiger partial charge in [0.25, 0.3) is 0 Å². The van der Waals surface area contributed by atoms with Crippen molar-refractivity contribution in [2.24, 2.45) is 5.92 Å². The van der Waals surface area contributed by atoms with Crippen LogP contribution in [0.15, 0.2) is 55.0 Å². The van der Waals surface area contributed by atoms with Crippen LogP contribution >= 0.6 is 0 Å². The van der Waals surface area contributed by atoms with E-state index < -0.39 is 17.2 Å². The summed E-state index contributed by atoms with van der Waals surface area (Å²) < 4.78 is 34.1. The predicted octanol–water partition coefficient (Wildman–Crippen LogP) is 4.35. The van der Waals surface area contributed by atoms with Gasteiger partial charge >= 0.3 is 5.97 Å². The third-order valence-corrected chi connectivity index (χ3v) is 6.07. The molecule has 1 N–H and O–H groups in total. The molecular weight excluding hydrogens is 404 g/mol. The minimum atomic E-state index is -0.695. The molecule has 5 rings (SSSR count). The predicted molar refractivity (Wildman–Crippen MR) is 108 cm³/mol. The molecule has 1 aromatic heterocycles. The summed E-state index contributed by atoms with van der Waals surface area (Å²) in [4.78, 5) is 29.1. The number of fused-ring (bicyclic) bond motifs is 2. The van der Waals surface area contributed by atoms with Gasteiger partial charge in [-0.2, -0.15) is 0 Å². The highest BCUT2D eigenvalue weighted by atomic mass is 19.1. The number of hydrogen-bond acceptors (Lipinski definition) is 4. The lowest BCUT2D eigenvalue weighted by atomic mass is 9.74. The lowest BCUT2D eigenvalue weighted by Gasteiger charge is -2.35. The number of carbonyl (C=O) groups is 2. The maximum absolute atomic E-state index is 13.4. The van der Waals surface area contributed by atoms with E-state index in [1.165, 1.54) is 29.2 Å². The first kappa shape index (κ1) is 19.4. The van der Waals surface area contributed by atoms with Gasteiger partial charge in [0.1, 0.15) is 23.6 Å². The van der Waals surface area contributed by atoms with E-state index in [0.717, 1.165) is 11.6 Å². The van der Waals surface area contributed by atoms with Crippen LogP contribution < -0.4 is 5.32 Å². The van der Waals surface area contributed by atoms with E-state index in [-0.39, 0.29) is 23.5 Å². The zero-order chi connectivity index (χ0) is 21.6. The van der Waals surface area contributed by atoms with Crippen LogP contribution in [0, 0.1) is 17.6 Å². The van der Waals surface area contributed by atoms with E-state index in [1.807, 2.05) is 18.2 Å². The van der Waals surface area contributed by atoms with E-state index in [9.17, 15) is 18.4 Å². The molecule has 158 valence electrons. The Hall–Kier alpha value is -3.55. The van der Waals surface area contributed by atoms with Crippen LogP contribution in [0.2, 0.25) is 0 Å². The Morgan fingerprint density at radius 2 is 1.84 bits per heavy atom. The monoisotopic (exact) mass is 423 g/mol. The molecule has 1 aliphatic carbocycles. The minimum Gasteiger partial charge on any atom is -0.451 e. The zero-order valence-corrected chi connectivity index (χ0v) is 16.5. The average Bonchev–Trinajstić information content (AvgIpc) is 3.31. The van der Waals surface area contributed by atoms with Gasteiger partial charge in [-0.25, -0.2) is 18.6 Å². The fourth-order valence-corrected chi connectivity index (χ4v) is 4.51.